The van der Waals surface area contributed by atoms with E-state index in [1.165, 1.54) is 18.2 Å². The summed E-state index contributed by atoms with van der Waals surface area (Å²) >= 11 is 1.98. The molecule has 0 N–H and O–H groups in total. The Morgan fingerprint density at radius 1 is 1.10 bits per heavy atom. The van der Waals surface area contributed by atoms with Gasteiger partial charge >= 0.3 is 0 Å². The highest BCUT2D eigenvalue weighted by atomic mass is 127. The third-order valence-corrected chi connectivity index (χ3v) is 3.99. The fourth-order valence-electron chi connectivity index (χ4n) is 2.14. The number of aromatic nitrogens is 1. The molecule has 0 saturated heterocycles. The van der Waals surface area contributed by atoms with Crippen LogP contribution in [0.3, 0.4) is 0 Å². The Kier molecular flexibility index (Phi) is 3.48. The van der Waals surface area contributed by atoms with E-state index in [4.69, 9.17) is 0 Å². The lowest BCUT2D eigenvalue weighted by atomic mass is 9.98. The van der Waals surface area contributed by atoms with Crippen molar-refractivity contribution in [2.24, 2.45) is 0 Å². The summed E-state index contributed by atoms with van der Waals surface area (Å²) in [4.78, 5) is 16.7. The average Bonchev–Trinajstić information content (AvgIpc) is 2.46. The molecule has 3 aromatic rings. The average molecular weight is 377 g/mol. The van der Waals surface area contributed by atoms with Crippen LogP contribution in [0.4, 0.5) is 4.39 Å². The SMILES string of the molecule is O=C(c1ccc(F)cc1I)c1cccc2cnccc12. The highest BCUT2D eigenvalue weighted by molar-refractivity contribution is 14.1. The van der Waals surface area contributed by atoms with Crippen molar-refractivity contribution in [3.8, 4) is 0 Å². The van der Waals surface area contributed by atoms with Gasteiger partial charge in [-0.05, 0) is 52.2 Å². The van der Waals surface area contributed by atoms with Crippen molar-refractivity contribution in [3.63, 3.8) is 0 Å². The zero-order valence-electron chi connectivity index (χ0n) is 10.3. The van der Waals surface area contributed by atoms with Crippen LogP contribution in [0, 0.1) is 9.39 Å². The minimum absolute atomic E-state index is 0.105. The molecule has 0 radical (unpaired) electrons. The molecule has 0 spiro atoms. The Morgan fingerprint density at radius 2 is 1.95 bits per heavy atom. The van der Waals surface area contributed by atoms with Gasteiger partial charge in [0.25, 0.3) is 0 Å². The number of fused-ring (bicyclic) bond motifs is 1. The van der Waals surface area contributed by atoms with Crippen LogP contribution in [0.5, 0.6) is 0 Å². The van der Waals surface area contributed by atoms with Crippen LogP contribution in [-0.4, -0.2) is 10.8 Å². The standard InChI is InChI=1S/C16H9FINO/c17-11-4-5-14(15(18)8-11)16(20)13-3-1-2-10-9-19-7-6-12(10)13/h1-9H. The maximum Gasteiger partial charge on any atom is 0.194 e. The zero-order valence-corrected chi connectivity index (χ0v) is 12.5. The van der Waals surface area contributed by atoms with Crippen LogP contribution in [0.2, 0.25) is 0 Å². The molecule has 2 aromatic carbocycles. The van der Waals surface area contributed by atoms with Crippen molar-refractivity contribution in [3.05, 3.63) is 75.4 Å². The number of hydrogen-bond donors (Lipinski definition) is 0. The van der Waals surface area contributed by atoms with E-state index in [1.54, 1.807) is 18.5 Å². The summed E-state index contributed by atoms with van der Waals surface area (Å²) in [6, 6.07) is 11.5. The normalized spacial score (nSPS) is 10.7. The van der Waals surface area contributed by atoms with Gasteiger partial charge in [0.15, 0.2) is 5.78 Å². The lowest BCUT2D eigenvalue weighted by Gasteiger charge is -2.07. The molecule has 98 valence electrons. The summed E-state index contributed by atoms with van der Waals surface area (Å²) in [6.45, 7) is 0. The monoisotopic (exact) mass is 377 g/mol. The second-order valence-electron chi connectivity index (χ2n) is 4.36. The first-order valence-electron chi connectivity index (χ1n) is 5.99. The van der Waals surface area contributed by atoms with E-state index in [0.717, 1.165) is 10.8 Å². The minimum Gasteiger partial charge on any atom is -0.289 e. The Morgan fingerprint density at radius 3 is 2.75 bits per heavy atom. The number of ketones is 1. The first-order chi connectivity index (χ1) is 9.66. The van der Waals surface area contributed by atoms with Crippen molar-refractivity contribution in [2.75, 3.05) is 0 Å². The van der Waals surface area contributed by atoms with Gasteiger partial charge in [0.1, 0.15) is 5.82 Å². The van der Waals surface area contributed by atoms with Gasteiger partial charge in [0.05, 0.1) is 0 Å². The molecular weight excluding hydrogens is 368 g/mol. The Labute approximate surface area is 128 Å². The van der Waals surface area contributed by atoms with Crippen LogP contribution in [-0.2, 0) is 0 Å². The smallest absolute Gasteiger partial charge is 0.194 e. The van der Waals surface area contributed by atoms with Crippen LogP contribution < -0.4 is 0 Å². The third-order valence-electron chi connectivity index (χ3n) is 3.10. The molecule has 2 nitrogen and oxygen atoms in total. The fourth-order valence-corrected chi connectivity index (χ4v) is 2.86. The molecule has 4 heteroatoms. The summed E-state index contributed by atoms with van der Waals surface area (Å²) in [5.74, 6) is -0.445. The van der Waals surface area contributed by atoms with Gasteiger partial charge in [-0.3, -0.25) is 9.78 Å². The molecule has 1 heterocycles. The number of carbonyl (C=O) groups is 1. The molecule has 0 aliphatic rings. The van der Waals surface area contributed by atoms with Gasteiger partial charge in [0, 0.05) is 32.5 Å². The van der Waals surface area contributed by atoms with Crippen molar-refractivity contribution >= 4 is 39.1 Å². The largest absolute Gasteiger partial charge is 0.289 e. The van der Waals surface area contributed by atoms with Gasteiger partial charge in [-0.1, -0.05) is 18.2 Å². The van der Waals surface area contributed by atoms with E-state index in [9.17, 15) is 9.18 Å². The summed E-state index contributed by atoms with van der Waals surface area (Å²) in [5.41, 5.74) is 1.12. The maximum absolute atomic E-state index is 13.1. The predicted octanol–water partition coefficient (Wildman–Crippen LogP) is 4.21. The van der Waals surface area contributed by atoms with Crippen molar-refractivity contribution in [2.45, 2.75) is 0 Å². The number of nitrogens with zero attached hydrogens (tertiary/aromatic N) is 1. The number of carbonyl (C=O) groups excluding carboxylic acids is 1. The predicted molar refractivity (Wildman–Crippen MR) is 84.3 cm³/mol. The second kappa shape index (κ2) is 5.28. The number of halogens is 2. The minimum atomic E-state index is -0.340. The first-order valence-corrected chi connectivity index (χ1v) is 7.07. The molecule has 1 aromatic heterocycles. The number of benzene rings is 2. The lowest BCUT2D eigenvalue weighted by molar-refractivity contribution is 0.103. The third kappa shape index (κ3) is 2.31. The van der Waals surface area contributed by atoms with Crippen LogP contribution in [0.15, 0.2) is 54.9 Å². The van der Waals surface area contributed by atoms with E-state index in [0.29, 0.717) is 14.7 Å². The Balaban J connectivity index is 2.18. The molecule has 0 aliphatic carbocycles. The van der Waals surface area contributed by atoms with Crippen LogP contribution >= 0.6 is 22.6 Å². The molecule has 0 amide bonds. The molecule has 0 fully saturated rings. The molecule has 0 saturated carbocycles. The van der Waals surface area contributed by atoms with Gasteiger partial charge in [-0.2, -0.15) is 0 Å². The first kappa shape index (κ1) is 13.2. The second-order valence-corrected chi connectivity index (χ2v) is 5.52. The summed E-state index contributed by atoms with van der Waals surface area (Å²) in [6.07, 6.45) is 3.39. The summed E-state index contributed by atoms with van der Waals surface area (Å²) in [7, 11) is 0. The molecule has 0 unspecified atom stereocenters. The molecule has 0 aliphatic heterocycles. The summed E-state index contributed by atoms with van der Waals surface area (Å²) in [5, 5.41) is 1.77. The van der Waals surface area contributed by atoms with E-state index in [1.807, 2.05) is 40.8 Å². The van der Waals surface area contributed by atoms with Crippen molar-refractivity contribution in [1.82, 2.24) is 4.98 Å². The Bertz CT molecular complexity index is 811. The Hall–Kier alpha value is -1.82. The lowest BCUT2D eigenvalue weighted by Crippen LogP contribution is -2.05. The van der Waals surface area contributed by atoms with Gasteiger partial charge in [-0.25, -0.2) is 4.39 Å². The highest BCUT2D eigenvalue weighted by Gasteiger charge is 2.15. The van der Waals surface area contributed by atoms with E-state index >= 15 is 0 Å². The van der Waals surface area contributed by atoms with Gasteiger partial charge < -0.3 is 0 Å². The fraction of sp³-hybridized carbons (Fsp3) is 0. The van der Waals surface area contributed by atoms with E-state index < -0.39 is 0 Å². The number of rotatable bonds is 2. The number of hydrogen-bond acceptors (Lipinski definition) is 2. The molecule has 0 bridgehead atoms. The number of pyridine rings is 1. The van der Waals surface area contributed by atoms with Crippen molar-refractivity contribution < 1.29 is 9.18 Å². The van der Waals surface area contributed by atoms with Gasteiger partial charge in [0.2, 0.25) is 0 Å². The molecule has 0 atom stereocenters. The molecular formula is C16H9FINO. The topological polar surface area (TPSA) is 30.0 Å². The van der Waals surface area contributed by atoms with E-state index in [-0.39, 0.29) is 11.6 Å². The molecule has 20 heavy (non-hydrogen) atoms. The van der Waals surface area contributed by atoms with E-state index in [2.05, 4.69) is 4.98 Å². The van der Waals surface area contributed by atoms with Gasteiger partial charge in [-0.15, -0.1) is 0 Å². The maximum atomic E-state index is 13.1. The zero-order chi connectivity index (χ0) is 14.1. The summed E-state index contributed by atoms with van der Waals surface area (Å²) < 4.78 is 13.8. The highest BCUT2D eigenvalue weighted by Crippen LogP contribution is 2.23. The van der Waals surface area contributed by atoms with Crippen LogP contribution in [0.1, 0.15) is 15.9 Å². The van der Waals surface area contributed by atoms with Crippen LogP contribution in [0.25, 0.3) is 10.8 Å². The molecule has 3 rings (SSSR count). The van der Waals surface area contributed by atoms with Crippen molar-refractivity contribution in [1.29, 1.82) is 0 Å². The quantitative estimate of drug-likeness (QED) is 0.495.